The van der Waals surface area contributed by atoms with Crippen LogP contribution in [0.25, 0.3) is 0 Å². The highest BCUT2D eigenvalue weighted by Gasteiger charge is 2.19. The zero-order chi connectivity index (χ0) is 16.8. The molecule has 2 aromatic rings. The zero-order valence-corrected chi connectivity index (χ0v) is 14.6. The van der Waals surface area contributed by atoms with E-state index in [2.05, 4.69) is 27.7 Å². The minimum Gasteiger partial charge on any atom is -0.478 e. The molecule has 5 heteroatoms. The Labute approximate surface area is 147 Å². The van der Waals surface area contributed by atoms with Crippen molar-refractivity contribution in [1.29, 1.82) is 0 Å². The first-order chi connectivity index (χ1) is 11.7. The van der Waals surface area contributed by atoms with Gasteiger partial charge in [-0.25, -0.2) is 4.79 Å². The maximum absolute atomic E-state index is 10.8. The fourth-order valence-corrected chi connectivity index (χ4v) is 3.90. The zero-order valence-electron chi connectivity index (χ0n) is 13.8. The molecule has 1 aromatic carbocycles. The van der Waals surface area contributed by atoms with Crippen LogP contribution in [0.2, 0.25) is 0 Å². The van der Waals surface area contributed by atoms with Crippen LogP contribution in [-0.4, -0.2) is 35.6 Å². The van der Waals surface area contributed by atoms with E-state index >= 15 is 0 Å². The number of hydrogen-bond acceptors (Lipinski definition) is 4. The van der Waals surface area contributed by atoms with Crippen LogP contribution < -0.4 is 5.32 Å². The lowest BCUT2D eigenvalue weighted by atomic mass is 9.96. The molecule has 0 saturated carbocycles. The summed E-state index contributed by atoms with van der Waals surface area (Å²) >= 11 is 1.84. The third kappa shape index (κ3) is 4.90. The maximum Gasteiger partial charge on any atom is 0.335 e. The van der Waals surface area contributed by atoms with Crippen LogP contribution in [0.15, 0.2) is 41.8 Å². The van der Waals surface area contributed by atoms with Crippen LogP contribution in [0, 0.1) is 5.92 Å². The van der Waals surface area contributed by atoms with E-state index in [0.717, 1.165) is 31.1 Å². The normalized spacial score (nSPS) is 16.3. The summed E-state index contributed by atoms with van der Waals surface area (Å²) in [5.41, 5.74) is 1.48. The van der Waals surface area contributed by atoms with Crippen molar-refractivity contribution >= 4 is 17.3 Å². The molecule has 24 heavy (non-hydrogen) atoms. The first kappa shape index (κ1) is 17.1. The largest absolute Gasteiger partial charge is 0.478 e. The Balaban J connectivity index is 1.35. The number of likely N-dealkylation sites (tertiary alicyclic amines) is 1. The fourth-order valence-electron chi connectivity index (χ4n) is 3.16. The van der Waals surface area contributed by atoms with Gasteiger partial charge in [0.05, 0.1) is 5.56 Å². The summed E-state index contributed by atoms with van der Waals surface area (Å²) in [6, 6.07) is 11.5. The first-order valence-electron chi connectivity index (χ1n) is 8.48. The topological polar surface area (TPSA) is 52.6 Å². The minimum atomic E-state index is -0.871. The predicted octanol–water partition coefficient (Wildman–Crippen LogP) is 3.45. The summed E-state index contributed by atoms with van der Waals surface area (Å²) in [5, 5.41) is 14.6. The van der Waals surface area contributed by atoms with Gasteiger partial charge < -0.3 is 10.4 Å². The van der Waals surface area contributed by atoms with E-state index in [4.69, 9.17) is 5.11 Å². The smallest absolute Gasteiger partial charge is 0.335 e. The highest BCUT2D eigenvalue weighted by atomic mass is 32.1. The van der Waals surface area contributed by atoms with Gasteiger partial charge in [-0.1, -0.05) is 18.2 Å². The number of thiophene rings is 1. The van der Waals surface area contributed by atoms with Crippen molar-refractivity contribution < 1.29 is 9.90 Å². The molecule has 1 aliphatic heterocycles. The van der Waals surface area contributed by atoms with Gasteiger partial charge in [0.15, 0.2) is 0 Å². The molecule has 1 saturated heterocycles. The Hall–Kier alpha value is -1.69. The lowest BCUT2D eigenvalue weighted by molar-refractivity contribution is 0.0697. The number of piperidine rings is 1. The Morgan fingerprint density at radius 3 is 2.58 bits per heavy atom. The van der Waals surface area contributed by atoms with Crippen LogP contribution in [-0.2, 0) is 13.1 Å². The Kier molecular flexibility index (Phi) is 6.01. The molecule has 3 rings (SSSR count). The van der Waals surface area contributed by atoms with E-state index in [1.807, 2.05) is 23.5 Å². The summed E-state index contributed by atoms with van der Waals surface area (Å²) in [6.07, 6.45) is 2.49. The Morgan fingerprint density at radius 1 is 1.21 bits per heavy atom. The van der Waals surface area contributed by atoms with Gasteiger partial charge >= 0.3 is 5.97 Å². The van der Waals surface area contributed by atoms with Crippen LogP contribution in [0.5, 0.6) is 0 Å². The summed E-state index contributed by atoms with van der Waals surface area (Å²) in [4.78, 5) is 14.8. The van der Waals surface area contributed by atoms with E-state index in [1.54, 1.807) is 12.1 Å². The molecule has 0 atom stereocenters. The number of nitrogens with one attached hydrogen (secondary N) is 1. The van der Waals surface area contributed by atoms with Gasteiger partial charge in [-0.05, 0) is 67.5 Å². The van der Waals surface area contributed by atoms with Crippen molar-refractivity contribution in [2.75, 3.05) is 19.6 Å². The fraction of sp³-hybridized carbons (Fsp3) is 0.421. The number of carboxylic acids is 1. The number of nitrogens with zero attached hydrogens (tertiary/aromatic N) is 1. The maximum atomic E-state index is 10.8. The molecule has 0 bridgehead atoms. The molecule has 4 nitrogen and oxygen atoms in total. The van der Waals surface area contributed by atoms with Crippen LogP contribution in [0.3, 0.4) is 0 Å². The number of rotatable bonds is 7. The van der Waals surface area contributed by atoms with E-state index < -0.39 is 5.97 Å². The van der Waals surface area contributed by atoms with E-state index in [-0.39, 0.29) is 0 Å². The monoisotopic (exact) mass is 344 g/mol. The SMILES string of the molecule is O=C(O)c1ccc(CNCC2CCN(Cc3cccs3)CC2)cc1. The van der Waals surface area contributed by atoms with Crippen molar-refractivity contribution in [3.63, 3.8) is 0 Å². The van der Waals surface area contributed by atoms with Crippen LogP contribution >= 0.6 is 11.3 Å². The van der Waals surface area contributed by atoms with Gasteiger partial charge in [0.25, 0.3) is 0 Å². The van der Waals surface area contributed by atoms with Gasteiger partial charge in [0, 0.05) is 18.0 Å². The number of benzene rings is 1. The average molecular weight is 344 g/mol. The molecule has 1 aliphatic rings. The molecule has 1 fully saturated rings. The second-order valence-electron chi connectivity index (χ2n) is 6.43. The molecule has 2 heterocycles. The molecule has 2 N–H and O–H groups in total. The van der Waals surface area contributed by atoms with Gasteiger partial charge in [-0.3, -0.25) is 4.90 Å². The van der Waals surface area contributed by atoms with Gasteiger partial charge in [0.1, 0.15) is 0 Å². The molecule has 0 amide bonds. The van der Waals surface area contributed by atoms with Crippen molar-refractivity contribution in [2.45, 2.75) is 25.9 Å². The third-order valence-electron chi connectivity index (χ3n) is 4.63. The second-order valence-corrected chi connectivity index (χ2v) is 7.46. The van der Waals surface area contributed by atoms with Crippen molar-refractivity contribution in [1.82, 2.24) is 10.2 Å². The third-order valence-corrected chi connectivity index (χ3v) is 5.49. The quantitative estimate of drug-likeness (QED) is 0.808. The van der Waals surface area contributed by atoms with Gasteiger partial charge in [-0.2, -0.15) is 0 Å². The molecule has 0 unspecified atom stereocenters. The van der Waals surface area contributed by atoms with E-state index in [0.29, 0.717) is 5.56 Å². The number of hydrogen-bond donors (Lipinski definition) is 2. The summed E-state index contributed by atoms with van der Waals surface area (Å²) in [7, 11) is 0. The molecule has 0 radical (unpaired) electrons. The lowest BCUT2D eigenvalue weighted by Gasteiger charge is -2.31. The van der Waals surface area contributed by atoms with Gasteiger partial charge in [-0.15, -0.1) is 11.3 Å². The summed E-state index contributed by atoms with van der Waals surface area (Å²) < 4.78 is 0. The number of carboxylic acid groups (broad SMARTS) is 1. The Bertz CT molecular complexity index is 632. The van der Waals surface area contributed by atoms with E-state index in [9.17, 15) is 4.79 Å². The molecule has 1 aromatic heterocycles. The summed E-state index contributed by atoms with van der Waals surface area (Å²) in [5.74, 6) is -0.133. The van der Waals surface area contributed by atoms with E-state index in [1.165, 1.54) is 30.8 Å². The minimum absolute atomic E-state index is 0.344. The molecular weight excluding hydrogens is 320 g/mol. The molecule has 0 aliphatic carbocycles. The highest BCUT2D eigenvalue weighted by Crippen LogP contribution is 2.20. The molecule has 128 valence electrons. The number of aromatic carboxylic acids is 1. The summed E-state index contributed by atoms with van der Waals surface area (Å²) in [6.45, 7) is 5.28. The van der Waals surface area contributed by atoms with Gasteiger partial charge in [0.2, 0.25) is 0 Å². The van der Waals surface area contributed by atoms with Crippen molar-refractivity contribution in [2.24, 2.45) is 5.92 Å². The number of carbonyl (C=O) groups is 1. The lowest BCUT2D eigenvalue weighted by Crippen LogP contribution is -2.36. The molecule has 0 spiro atoms. The average Bonchev–Trinajstić information content (AvgIpc) is 3.10. The van der Waals surface area contributed by atoms with Crippen LogP contribution in [0.1, 0.15) is 33.6 Å². The van der Waals surface area contributed by atoms with Crippen molar-refractivity contribution in [3.05, 3.63) is 57.8 Å². The standard InChI is InChI=1S/C19H24N2O2S/c22-19(23)17-5-3-15(4-6-17)12-20-13-16-7-9-21(10-8-16)14-18-2-1-11-24-18/h1-6,11,16,20H,7-10,12-14H2,(H,22,23). The second kappa shape index (κ2) is 8.42. The predicted molar refractivity (Wildman–Crippen MR) is 97.4 cm³/mol. The van der Waals surface area contributed by atoms with Crippen LogP contribution in [0.4, 0.5) is 0 Å². The molecular formula is C19H24N2O2S. The first-order valence-corrected chi connectivity index (χ1v) is 9.36. The van der Waals surface area contributed by atoms with Crippen molar-refractivity contribution in [3.8, 4) is 0 Å². The Morgan fingerprint density at radius 2 is 1.96 bits per heavy atom. The highest BCUT2D eigenvalue weighted by molar-refractivity contribution is 7.09.